The number of benzene rings is 2. The highest BCUT2D eigenvalue weighted by Crippen LogP contribution is 2.26. The van der Waals surface area contributed by atoms with Gasteiger partial charge in [-0.1, -0.05) is 18.2 Å². The number of ether oxygens (including phenoxy) is 2. The SMILES string of the molecule is CCOc1ccc(/C(=C/c2ccc(C(=O)OC)cc2)C(=O)O)c(C)c1. The summed E-state index contributed by atoms with van der Waals surface area (Å²) >= 11 is 0. The van der Waals surface area contributed by atoms with Gasteiger partial charge < -0.3 is 14.6 Å². The van der Waals surface area contributed by atoms with Gasteiger partial charge >= 0.3 is 11.9 Å². The summed E-state index contributed by atoms with van der Waals surface area (Å²) in [7, 11) is 1.31. The second-order valence-electron chi connectivity index (χ2n) is 5.39. The van der Waals surface area contributed by atoms with Gasteiger partial charge in [-0.2, -0.15) is 0 Å². The van der Waals surface area contributed by atoms with E-state index in [4.69, 9.17) is 4.74 Å². The molecule has 0 aliphatic heterocycles. The molecule has 0 bridgehead atoms. The van der Waals surface area contributed by atoms with Gasteiger partial charge in [0.1, 0.15) is 5.75 Å². The highest BCUT2D eigenvalue weighted by atomic mass is 16.5. The molecule has 0 aromatic heterocycles. The van der Waals surface area contributed by atoms with E-state index >= 15 is 0 Å². The van der Waals surface area contributed by atoms with Crippen LogP contribution in [0.15, 0.2) is 42.5 Å². The van der Waals surface area contributed by atoms with E-state index in [1.807, 2.05) is 19.9 Å². The van der Waals surface area contributed by atoms with Crippen LogP contribution in [0.1, 0.15) is 34.0 Å². The lowest BCUT2D eigenvalue weighted by atomic mass is 9.98. The summed E-state index contributed by atoms with van der Waals surface area (Å²) in [5.41, 5.74) is 2.69. The minimum atomic E-state index is -1.02. The van der Waals surface area contributed by atoms with E-state index in [0.717, 1.165) is 5.56 Å². The summed E-state index contributed by atoms with van der Waals surface area (Å²) in [6.45, 7) is 4.28. The number of carboxylic acids is 1. The monoisotopic (exact) mass is 340 g/mol. The summed E-state index contributed by atoms with van der Waals surface area (Å²) in [5.74, 6) is -0.753. The van der Waals surface area contributed by atoms with Crippen molar-refractivity contribution in [3.05, 3.63) is 64.7 Å². The Morgan fingerprint density at radius 2 is 1.80 bits per heavy atom. The topological polar surface area (TPSA) is 72.8 Å². The molecular weight excluding hydrogens is 320 g/mol. The van der Waals surface area contributed by atoms with E-state index in [1.165, 1.54) is 7.11 Å². The van der Waals surface area contributed by atoms with Crippen molar-refractivity contribution in [1.29, 1.82) is 0 Å². The van der Waals surface area contributed by atoms with Crippen LogP contribution in [0.4, 0.5) is 0 Å². The smallest absolute Gasteiger partial charge is 0.337 e. The van der Waals surface area contributed by atoms with Crippen LogP contribution in [0, 0.1) is 6.92 Å². The van der Waals surface area contributed by atoms with Gasteiger partial charge in [0.25, 0.3) is 0 Å². The number of hydrogen-bond acceptors (Lipinski definition) is 4. The molecule has 0 radical (unpaired) electrons. The number of methoxy groups -OCH3 is 1. The zero-order valence-electron chi connectivity index (χ0n) is 14.4. The van der Waals surface area contributed by atoms with Crippen LogP contribution in [0.3, 0.4) is 0 Å². The van der Waals surface area contributed by atoms with Crippen LogP contribution < -0.4 is 4.74 Å². The fourth-order valence-corrected chi connectivity index (χ4v) is 2.45. The van der Waals surface area contributed by atoms with Crippen molar-refractivity contribution in [3.63, 3.8) is 0 Å². The van der Waals surface area contributed by atoms with Crippen LogP contribution in [0.5, 0.6) is 5.75 Å². The minimum Gasteiger partial charge on any atom is -0.494 e. The normalized spacial score (nSPS) is 11.1. The van der Waals surface area contributed by atoms with Gasteiger partial charge in [-0.15, -0.1) is 0 Å². The van der Waals surface area contributed by atoms with Gasteiger partial charge in [0, 0.05) is 0 Å². The zero-order chi connectivity index (χ0) is 18.4. The van der Waals surface area contributed by atoms with Crippen LogP contribution in [0.25, 0.3) is 11.6 Å². The van der Waals surface area contributed by atoms with Gasteiger partial charge in [-0.05, 0) is 60.9 Å². The number of esters is 1. The number of rotatable bonds is 6. The van der Waals surface area contributed by atoms with E-state index in [0.29, 0.717) is 29.0 Å². The van der Waals surface area contributed by atoms with Crippen molar-refractivity contribution < 1.29 is 24.2 Å². The molecule has 0 atom stereocenters. The number of aryl methyl sites for hydroxylation is 1. The molecule has 2 aromatic rings. The second-order valence-corrected chi connectivity index (χ2v) is 5.39. The third-order valence-electron chi connectivity index (χ3n) is 3.67. The van der Waals surface area contributed by atoms with Crippen molar-refractivity contribution in [1.82, 2.24) is 0 Å². The molecule has 0 heterocycles. The van der Waals surface area contributed by atoms with Crippen molar-refractivity contribution >= 4 is 23.6 Å². The fraction of sp³-hybridized carbons (Fsp3) is 0.200. The Labute approximate surface area is 146 Å². The van der Waals surface area contributed by atoms with Crippen molar-refractivity contribution in [2.45, 2.75) is 13.8 Å². The summed E-state index contributed by atoms with van der Waals surface area (Å²) in [5, 5.41) is 9.59. The average molecular weight is 340 g/mol. The standard InChI is InChI=1S/C20H20O5/c1-4-25-16-9-10-17(13(2)11-16)18(19(21)22)12-14-5-7-15(8-6-14)20(23)24-3/h5-12H,4H2,1-3H3,(H,21,22)/b18-12-. The van der Waals surface area contributed by atoms with E-state index in [-0.39, 0.29) is 5.57 Å². The first kappa shape index (κ1) is 18.3. The number of aliphatic carboxylic acids is 1. The Morgan fingerprint density at radius 3 is 2.32 bits per heavy atom. The third kappa shape index (κ3) is 4.47. The Balaban J connectivity index is 2.39. The number of carbonyl (C=O) groups excluding carboxylic acids is 1. The molecule has 0 aliphatic carbocycles. The molecule has 0 amide bonds. The van der Waals surface area contributed by atoms with E-state index in [1.54, 1.807) is 42.5 Å². The van der Waals surface area contributed by atoms with E-state index in [9.17, 15) is 14.7 Å². The van der Waals surface area contributed by atoms with Crippen LogP contribution in [-0.2, 0) is 9.53 Å². The maximum atomic E-state index is 11.7. The van der Waals surface area contributed by atoms with E-state index in [2.05, 4.69) is 4.74 Å². The molecule has 1 N–H and O–H groups in total. The molecule has 5 heteroatoms. The van der Waals surface area contributed by atoms with Gasteiger partial charge in [0.05, 0.1) is 24.9 Å². The Kier molecular flexibility index (Phi) is 5.95. The van der Waals surface area contributed by atoms with Gasteiger partial charge in [0.2, 0.25) is 0 Å². The van der Waals surface area contributed by atoms with Crippen LogP contribution in [-0.4, -0.2) is 30.8 Å². The lowest BCUT2D eigenvalue weighted by molar-refractivity contribution is -0.130. The fourth-order valence-electron chi connectivity index (χ4n) is 2.45. The molecular formula is C20H20O5. The zero-order valence-corrected chi connectivity index (χ0v) is 14.4. The minimum absolute atomic E-state index is 0.173. The van der Waals surface area contributed by atoms with Crippen LogP contribution >= 0.6 is 0 Å². The lowest BCUT2D eigenvalue weighted by Gasteiger charge is -2.10. The highest BCUT2D eigenvalue weighted by Gasteiger charge is 2.14. The van der Waals surface area contributed by atoms with Gasteiger partial charge in [0.15, 0.2) is 0 Å². The first-order valence-electron chi connectivity index (χ1n) is 7.83. The van der Waals surface area contributed by atoms with E-state index < -0.39 is 11.9 Å². The van der Waals surface area contributed by atoms with Crippen LogP contribution in [0.2, 0.25) is 0 Å². The number of carbonyl (C=O) groups is 2. The number of hydrogen-bond donors (Lipinski definition) is 1. The van der Waals surface area contributed by atoms with Crippen molar-refractivity contribution in [2.75, 3.05) is 13.7 Å². The molecule has 0 saturated carbocycles. The molecule has 2 rings (SSSR count). The summed E-state index contributed by atoms with van der Waals surface area (Å²) in [6.07, 6.45) is 1.58. The number of carboxylic acid groups (broad SMARTS) is 1. The maximum absolute atomic E-state index is 11.7. The largest absolute Gasteiger partial charge is 0.494 e. The third-order valence-corrected chi connectivity index (χ3v) is 3.67. The Hall–Kier alpha value is -3.08. The summed E-state index contributed by atoms with van der Waals surface area (Å²) in [4.78, 5) is 23.2. The Bertz CT molecular complexity index is 803. The highest BCUT2D eigenvalue weighted by molar-refractivity contribution is 6.21. The Morgan fingerprint density at radius 1 is 1.12 bits per heavy atom. The average Bonchev–Trinajstić information content (AvgIpc) is 2.60. The molecule has 130 valence electrons. The first-order chi connectivity index (χ1) is 12.0. The summed E-state index contributed by atoms with van der Waals surface area (Å²) in [6, 6.07) is 11.9. The molecule has 0 saturated heterocycles. The molecule has 0 fully saturated rings. The lowest BCUT2D eigenvalue weighted by Crippen LogP contribution is -2.03. The predicted octanol–water partition coefficient (Wildman–Crippen LogP) is 3.81. The van der Waals surface area contributed by atoms with Gasteiger partial charge in [-0.3, -0.25) is 0 Å². The van der Waals surface area contributed by atoms with Crippen molar-refractivity contribution in [3.8, 4) is 5.75 Å². The van der Waals surface area contributed by atoms with Crippen molar-refractivity contribution in [2.24, 2.45) is 0 Å². The second kappa shape index (κ2) is 8.15. The quantitative estimate of drug-likeness (QED) is 0.492. The molecule has 25 heavy (non-hydrogen) atoms. The molecule has 0 aliphatic rings. The summed E-state index contributed by atoms with van der Waals surface area (Å²) < 4.78 is 10.1. The van der Waals surface area contributed by atoms with Gasteiger partial charge in [-0.25, -0.2) is 9.59 Å². The molecule has 0 spiro atoms. The first-order valence-corrected chi connectivity index (χ1v) is 7.83. The molecule has 5 nitrogen and oxygen atoms in total. The predicted molar refractivity (Wildman–Crippen MR) is 95.6 cm³/mol. The maximum Gasteiger partial charge on any atom is 0.337 e. The molecule has 2 aromatic carbocycles. The molecule has 0 unspecified atom stereocenters.